The van der Waals surface area contributed by atoms with E-state index >= 15 is 4.79 Å². The van der Waals surface area contributed by atoms with E-state index < -0.39 is 72.0 Å². The van der Waals surface area contributed by atoms with Gasteiger partial charge in [-0.2, -0.15) is 0 Å². The number of aliphatic hydroxyl groups excluding tert-OH is 1. The average molecular weight is 726 g/mol. The molecule has 0 saturated carbocycles. The molecule has 3 saturated heterocycles. The largest absolute Gasteiger partial charge is 0.463 e. The zero-order valence-corrected chi connectivity index (χ0v) is 29.9. The van der Waals surface area contributed by atoms with Crippen LogP contribution in [0, 0.1) is 18.8 Å². The predicted molar refractivity (Wildman–Crippen MR) is 197 cm³/mol. The van der Waals surface area contributed by atoms with Crippen LogP contribution < -0.4 is 10.2 Å². The van der Waals surface area contributed by atoms with Crippen molar-refractivity contribution in [2.75, 3.05) is 24.7 Å². The fourth-order valence-electron chi connectivity index (χ4n) is 8.21. The fraction of sp³-hybridized carbons (Fsp3) is 0.366. The highest BCUT2D eigenvalue weighted by atomic mass is 35.5. The number of fused-ring (bicyclic) bond motifs is 1. The van der Waals surface area contributed by atoms with Crippen LogP contribution in [0.4, 0.5) is 5.69 Å². The Kier molecular flexibility index (Phi) is 11.3. The molecule has 3 fully saturated rings. The summed E-state index contributed by atoms with van der Waals surface area (Å²) in [7, 11) is 0. The number of para-hydroxylation sites is 1. The second kappa shape index (κ2) is 15.9. The first-order chi connectivity index (χ1) is 25.2. The van der Waals surface area contributed by atoms with E-state index in [-0.39, 0.29) is 19.6 Å². The van der Waals surface area contributed by atoms with Gasteiger partial charge in [-0.25, -0.2) is 0 Å². The predicted octanol–water partition coefficient (Wildman–Crippen LogP) is 5.64. The van der Waals surface area contributed by atoms with Crippen molar-refractivity contribution >= 4 is 41.0 Å². The third kappa shape index (κ3) is 6.78. The van der Waals surface area contributed by atoms with E-state index in [2.05, 4.69) is 18.5 Å². The molecule has 7 atom stereocenters. The highest BCUT2D eigenvalue weighted by molar-refractivity contribution is 6.34. The third-order valence-electron chi connectivity index (χ3n) is 10.5. The van der Waals surface area contributed by atoms with Crippen LogP contribution in [0.2, 0.25) is 5.02 Å². The lowest BCUT2D eigenvalue weighted by atomic mass is 9.70. The number of nitrogens with one attached hydrogen (secondary N) is 1. The van der Waals surface area contributed by atoms with Gasteiger partial charge in [-0.3, -0.25) is 19.2 Å². The molecule has 3 aromatic rings. The minimum absolute atomic E-state index is 0.0927. The second-order valence-corrected chi connectivity index (χ2v) is 13.9. The van der Waals surface area contributed by atoms with Gasteiger partial charge in [-0.1, -0.05) is 96.5 Å². The molecular formula is C41H44ClN3O7. The summed E-state index contributed by atoms with van der Waals surface area (Å²) in [6.07, 6.45) is 3.99. The zero-order valence-electron chi connectivity index (χ0n) is 29.2. The quantitative estimate of drug-likeness (QED) is 0.153. The molecule has 3 aliphatic rings. The van der Waals surface area contributed by atoms with E-state index in [1.54, 1.807) is 48.6 Å². The van der Waals surface area contributed by atoms with Crippen molar-refractivity contribution in [1.29, 1.82) is 0 Å². The standard InChI is InChI=1S/C41H44ClN3O7/c1-4-6-20-33(47)51-25-30(27-15-9-7-10-16-27)43-38(48)34-32-21-22-41(52-32)35(34)39(49)45(31(24-46)28-17-11-8-12-18-28)37(41)40(50)44(23-5-2)36-26(3)14-13-19-29(36)42/h4-5,7-19,30-32,34-35,37,46H,1-2,6,20-25H2,3H3,(H,43,48)/t30-,31+,32-,34+,35+,37-,41+/m0/s1. The van der Waals surface area contributed by atoms with Gasteiger partial charge >= 0.3 is 5.97 Å². The molecule has 3 aromatic carbocycles. The number of allylic oxidation sites excluding steroid dienone is 1. The summed E-state index contributed by atoms with van der Waals surface area (Å²) in [4.78, 5) is 60.0. The summed E-state index contributed by atoms with van der Waals surface area (Å²) in [6, 6.07) is 20.7. The minimum atomic E-state index is -1.36. The van der Waals surface area contributed by atoms with Crippen LogP contribution in [0.5, 0.6) is 0 Å². The highest BCUT2D eigenvalue weighted by Crippen LogP contribution is 2.60. The third-order valence-corrected chi connectivity index (χ3v) is 10.8. The van der Waals surface area contributed by atoms with Crippen molar-refractivity contribution in [2.24, 2.45) is 11.8 Å². The van der Waals surface area contributed by atoms with E-state index in [0.717, 1.165) is 11.1 Å². The Labute approximate surface area is 309 Å². The first kappa shape index (κ1) is 37.0. The molecule has 10 nitrogen and oxygen atoms in total. The van der Waals surface area contributed by atoms with Gasteiger partial charge in [-0.05, 0) is 48.9 Å². The zero-order chi connectivity index (χ0) is 37.0. The number of nitrogens with zero attached hydrogens (tertiary/aromatic N) is 2. The summed E-state index contributed by atoms with van der Waals surface area (Å²) in [5.74, 6) is -3.74. The van der Waals surface area contributed by atoms with Crippen molar-refractivity contribution < 1.29 is 33.8 Å². The summed E-state index contributed by atoms with van der Waals surface area (Å²) >= 11 is 6.71. The second-order valence-electron chi connectivity index (χ2n) is 13.5. The Morgan fingerprint density at radius 1 is 1.06 bits per heavy atom. The molecule has 11 heteroatoms. The van der Waals surface area contributed by atoms with E-state index in [1.165, 1.54) is 9.80 Å². The van der Waals surface area contributed by atoms with Gasteiger partial charge in [0, 0.05) is 13.0 Å². The number of hydrogen-bond acceptors (Lipinski definition) is 7. The lowest BCUT2D eigenvalue weighted by molar-refractivity contribution is -0.146. The number of benzene rings is 3. The van der Waals surface area contributed by atoms with Crippen LogP contribution in [0.3, 0.4) is 0 Å². The van der Waals surface area contributed by atoms with Crippen LogP contribution in [0.25, 0.3) is 0 Å². The van der Waals surface area contributed by atoms with Crippen LogP contribution in [-0.2, 0) is 28.7 Å². The molecule has 0 aromatic heterocycles. The van der Waals surface area contributed by atoms with Gasteiger partial charge in [0.15, 0.2) is 0 Å². The van der Waals surface area contributed by atoms with Crippen LogP contribution in [0.1, 0.15) is 54.5 Å². The van der Waals surface area contributed by atoms with Gasteiger partial charge < -0.3 is 29.7 Å². The van der Waals surface area contributed by atoms with E-state index in [0.29, 0.717) is 35.5 Å². The molecule has 2 bridgehead atoms. The Hall–Kier alpha value is -4.77. The maximum atomic E-state index is 15.1. The number of halogens is 1. The number of likely N-dealkylation sites (tertiary alicyclic amines) is 1. The average Bonchev–Trinajstić information content (AvgIpc) is 3.80. The number of aliphatic hydroxyl groups is 1. The number of anilines is 1. The summed E-state index contributed by atoms with van der Waals surface area (Å²) in [5, 5.41) is 14.3. The fourth-order valence-corrected chi connectivity index (χ4v) is 8.54. The summed E-state index contributed by atoms with van der Waals surface area (Å²) in [6.45, 7) is 8.90. The van der Waals surface area contributed by atoms with Crippen LogP contribution >= 0.6 is 11.6 Å². The van der Waals surface area contributed by atoms with E-state index in [9.17, 15) is 19.5 Å². The number of ether oxygens (including phenoxy) is 2. The number of amides is 3. The lowest BCUT2D eigenvalue weighted by Crippen LogP contribution is -2.57. The summed E-state index contributed by atoms with van der Waals surface area (Å²) < 4.78 is 12.3. The van der Waals surface area contributed by atoms with E-state index in [4.69, 9.17) is 21.1 Å². The number of carbonyl (C=O) groups excluding carboxylic acids is 4. The van der Waals surface area contributed by atoms with Gasteiger partial charge in [0.25, 0.3) is 5.91 Å². The van der Waals surface area contributed by atoms with Crippen molar-refractivity contribution in [3.05, 3.63) is 126 Å². The smallest absolute Gasteiger partial charge is 0.306 e. The van der Waals surface area contributed by atoms with Crippen molar-refractivity contribution in [2.45, 2.75) is 62.4 Å². The monoisotopic (exact) mass is 725 g/mol. The summed E-state index contributed by atoms with van der Waals surface area (Å²) in [5.41, 5.74) is 1.22. The van der Waals surface area contributed by atoms with Gasteiger partial charge in [0.1, 0.15) is 18.2 Å². The highest BCUT2D eigenvalue weighted by Gasteiger charge is 2.75. The number of carbonyl (C=O) groups is 4. The van der Waals surface area contributed by atoms with Gasteiger partial charge in [0.05, 0.1) is 47.3 Å². The normalized spacial score (nSPS) is 24.1. The number of esters is 1. The SMILES string of the molecule is C=CCCC(=O)OC[C@H](NC(=O)[C@@H]1[C@@H]2CC[C@]3(O2)[C@H](C(=O)N(CC=C)c2c(C)cccc2Cl)N([C@H](CO)c2ccccc2)C(=O)[C@@H]13)c1ccccc1. The molecule has 272 valence electrons. The van der Waals surface area contributed by atoms with Crippen molar-refractivity contribution in [3.63, 3.8) is 0 Å². The number of rotatable bonds is 15. The molecular weight excluding hydrogens is 682 g/mol. The van der Waals surface area contributed by atoms with Gasteiger partial charge in [0.2, 0.25) is 11.8 Å². The molecule has 0 radical (unpaired) electrons. The first-order valence-corrected chi connectivity index (χ1v) is 18.0. The lowest BCUT2D eigenvalue weighted by Gasteiger charge is -2.39. The topological polar surface area (TPSA) is 125 Å². The van der Waals surface area contributed by atoms with Crippen molar-refractivity contribution in [1.82, 2.24) is 10.2 Å². The van der Waals surface area contributed by atoms with Gasteiger partial charge in [-0.15, -0.1) is 13.2 Å². The van der Waals surface area contributed by atoms with Crippen LogP contribution in [0.15, 0.2) is 104 Å². The van der Waals surface area contributed by atoms with E-state index in [1.807, 2.05) is 49.4 Å². The molecule has 3 amide bonds. The molecule has 6 rings (SSSR count). The van der Waals surface area contributed by atoms with Crippen molar-refractivity contribution in [3.8, 4) is 0 Å². The first-order valence-electron chi connectivity index (χ1n) is 17.6. The molecule has 3 aliphatic heterocycles. The maximum absolute atomic E-state index is 15.1. The Balaban J connectivity index is 1.39. The molecule has 2 N–H and O–H groups in total. The molecule has 0 unspecified atom stereocenters. The Morgan fingerprint density at radius 3 is 2.38 bits per heavy atom. The molecule has 1 spiro atoms. The molecule has 0 aliphatic carbocycles. The molecule has 3 heterocycles. The maximum Gasteiger partial charge on any atom is 0.306 e. The Morgan fingerprint density at radius 2 is 1.75 bits per heavy atom. The minimum Gasteiger partial charge on any atom is -0.463 e. The van der Waals surface area contributed by atoms with Crippen LogP contribution in [-0.4, -0.2) is 71.2 Å². The number of hydrogen-bond donors (Lipinski definition) is 2. The number of aryl methyl sites for hydroxylation is 1. The molecule has 52 heavy (non-hydrogen) atoms. The Bertz CT molecular complexity index is 1800.